The van der Waals surface area contributed by atoms with E-state index in [1.807, 2.05) is 6.92 Å². The van der Waals surface area contributed by atoms with E-state index in [-0.39, 0.29) is 12.5 Å². The Hall–Kier alpha value is -1.56. The second-order valence-corrected chi connectivity index (χ2v) is 2.55. The largest absolute Gasteiger partial charge is 0.444 e. The molecule has 1 heterocycles. The summed E-state index contributed by atoms with van der Waals surface area (Å²) in [5.74, 6) is 1.20. The van der Waals surface area contributed by atoms with E-state index >= 15 is 0 Å². The summed E-state index contributed by atoms with van der Waals surface area (Å²) >= 11 is 0. The third-order valence-electron chi connectivity index (χ3n) is 1.51. The second-order valence-electron chi connectivity index (χ2n) is 2.55. The van der Waals surface area contributed by atoms with Crippen molar-refractivity contribution in [3.8, 4) is 0 Å². The van der Waals surface area contributed by atoms with Crippen molar-refractivity contribution in [2.24, 2.45) is 10.7 Å². The number of hydrogen-bond acceptors (Lipinski definition) is 4. The third-order valence-corrected chi connectivity index (χ3v) is 1.51. The molecular weight excluding hydrogens is 172 g/mol. The first kappa shape index (κ1) is 9.53. The molecule has 6 nitrogen and oxygen atoms in total. The van der Waals surface area contributed by atoms with Crippen molar-refractivity contribution in [3.05, 3.63) is 17.3 Å². The lowest BCUT2D eigenvalue weighted by Gasteiger charge is -1.95. The number of nitrogens with one attached hydrogen (secondary N) is 1. The molecule has 1 aromatic rings. The topological polar surface area (TPSA) is 96.7 Å². The number of hydroxylamine groups is 1. The van der Waals surface area contributed by atoms with Crippen molar-refractivity contribution in [1.82, 2.24) is 10.5 Å². The number of hydrogen-bond donors (Lipinski definition) is 3. The van der Waals surface area contributed by atoms with Crippen molar-refractivity contribution in [2.75, 3.05) is 0 Å². The molecule has 1 rings (SSSR count). The Morgan fingerprint density at radius 1 is 1.69 bits per heavy atom. The fourth-order valence-electron chi connectivity index (χ4n) is 0.913. The Morgan fingerprint density at radius 3 is 2.85 bits per heavy atom. The highest BCUT2D eigenvalue weighted by atomic mass is 16.5. The Balaban J connectivity index is 2.69. The SMILES string of the molecule is Cc1nc(C)c(CN=C(N)NO)o1. The van der Waals surface area contributed by atoms with Crippen molar-refractivity contribution in [3.63, 3.8) is 0 Å². The first-order chi connectivity index (χ1) is 6.13. The molecule has 0 bridgehead atoms. The normalized spacial score (nSPS) is 11.8. The summed E-state index contributed by atoms with van der Waals surface area (Å²) in [6.07, 6.45) is 0. The fraction of sp³-hybridized carbons (Fsp3) is 0.429. The van der Waals surface area contributed by atoms with Crippen LogP contribution in [0.4, 0.5) is 0 Å². The maximum Gasteiger partial charge on any atom is 0.213 e. The summed E-state index contributed by atoms with van der Waals surface area (Å²) in [5.41, 5.74) is 7.72. The van der Waals surface area contributed by atoms with Gasteiger partial charge in [0.05, 0.1) is 5.69 Å². The lowest BCUT2D eigenvalue weighted by Crippen LogP contribution is -2.28. The van der Waals surface area contributed by atoms with Crippen LogP contribution in [-0.4, -0.2) is 16.2 Å². The van der Waals surface area contributed by atoms with Gasteiger partial charge in [-0.1, -0.05) is 0 Å². The summed E-state index contributed by atoms with van der Waals surface area (Å²) < 4.78 is 5.23. The second kappa shape index (κ2) is 3.90. The van der Waals surface area contributed by atoms with E-state index in [1.165, 1.54) is 0 Å². The number of guanidine groups is 1. The van der Waals surface area contributed by atoms with Crippen LogP contribution < -0.4 is 11.2 Å². The van der Waals surface area contributed by atoms with Crippen LogP contribution in [-0.2, 0) is 6.54 Å². The van der Waals surface area contributed by atoms with E-state index in [0.717, 1.165) is 5.69 Å². The van der Waals surface area contributed by atoms with Gasteiger partial charge in [-0.3, -0.25) is 5.21 Å². The zero-order valence-corrected chi connectivity index (χ0v) is 7.53. The minimum atomic E-state index is -0.0477. The number of oxazole rings is 1. The number of nitrogens with zero attached hydrogens (tertiary/aromatic N) is 2. The summed E-state index contributed by atoms with van der Waals surface area (Å²) in [7, 11) is 0. The van der Waals surface area contributed by atoms with Crippen LogP contribution in [0, 0.1) is 13.8 Å². The van der Waals surface area contributed by atoms with E-state index < -0.39 is 0 Å². The highest BCUT2D eigenvalue weighted by Crippen LogP contribution is 2.09. The van der Waals surface area contributed by atoms with E-state index in [2.05, 4.69) is 9.98 Å². The summed E-state index contributed by atoms with van der Waals surface area (Å²) in [5, 5.41) is 8.34. The van der Waals surface area contributed by atoms with Gasteiger partial charge in [-0.2, -0.15) is 0 Å². The zero-order chi connectivity index (χ0) is 9.84. The molecule has 1 aromatic heterocycles. The van der Waals surface area contributed by atoms with E-state index in [9.17, 15) is 0 Å². The van der Waals surface area contributed by atoms with Gasteiger partial charge in [0.1, 0.15) is 12.3 Å². The number of aliphatic imine (C=N–C) groups is 1. The van der Waals surface area contributed by atoms with Crippen molar-refractivity contribution in [2.45, 2.75) is 20.4 Å². The van der Waals surface area contributed by atoms with Gasteiger partial charge in [0.25, 0.3) is 0 Å². The Bertz CT molecular complexity index is 318. The maximum atomic E-state index is 8.34. The molecule has 0 aliphatic rings. The Labute approximate surface area is 75.4 Å². The maximum absolute atomic E-state index is 8.34. The molecular formula is C7H12N4O2. The first-order valence-electron chi connectivity index (χ1n) is 3.76. The molecule has 0 spiro atoms. The molecule has 13 heavy (non-hydrogen) atoms. The zero-order valence-electron chi connectivity index (χ0n) is 7.53. The molecule has 0 aliphatic carbocycles. The van der Waals surface area contributed by atoms with Crippen LogP contribution in [0.25, 0.3) is 0 Å². The first-order valence-corrected chi connectivity index (χ1v) is 3.76. The Kier molecular flexibility index (Phi) is 2.86. The summed E-state index contributed by atoms with van der Waals surface area (Å²) in [6, 6.07) is 0. The smallest absolute Gasteiger partial charge is 0.213 e. The standard InChI is InChI=1S/C7H12N4O2/c1-4-6(13-5(2)10-4)3-9-7(8)11-12/h12H,3H2,1-2H3,(H3,8,9,11). The quantitative estimate of drug-likeness (QED) is 0.343. The van der Waals surface area contributed by atoms with Crippen LogP contribution in [0.1, 0.15) is 17.3 Å². The number of aryl methyl sites for hydroxylation is 2. The molecule has 0 fully saturated rings. The van der Waals surface area contributed by atoms with Gasteiger partial charge in [0, 0.05) is 6.92 Å². The van der Waals surface area contributed by atoms with E-state index in [0.29, 0.717) is 11.7 Å². The number of rotatable bonds is 2. The molecule has 0 amide bonds. The molecule has 0 aromatic carbocycles. The molecule has 0 atom stereocenters. The molecule has 0 unspecified atom stereocenters. The Morgan fingerprint density at radius 2 is 2.38 bits per heavy atom. The minimum absolute atomic E-state index is 0.0477. The van der Waals surface area contributed by atoms with Gasteiger partial charge in [0.2, 0.25) is 5.96 Å². The van der Waals surface area contributed by atoms with Crippen molar-refractivity contribution >= 4 is 5.96 Å². The molecule has 0 saturated heterocycles. The van der Waals surface area contributed by atoms with Gasteiger partial charge < -0.3 is 10.2 Å². The van der Waals surface area contributed by atoms with Gasteiger partial charge in [-0.15, -0.1) is 0 Å². The summed E-state index contributed by atoms with van der Waals surface area (Å²) in [4.78, 5) is 7.84. The van der Waals surface area contributed by atoms with E-state index in [4.69, 9.17) is 15.4 Å². The molecule has 6 heteroatoms. The summed E-state index contributed by atoms with van der Waals surface area (Å²) in [6.45, 7) is 3.85. The van der Waals surface area contributed by atoms with Crippen LogP contribution in [0.3, 0.4) is 0 Å². The molecule has 0 radical (unpaired) electrons. The van der Waals surface area contributed by atoms with E-state index in [1.54, 1.807) is 12.4 Å². The molecule has 0 saturated carbocycles. The van der Waals surface area contributed by atoms with Crippen LogP contribution >= 0.6 is 0 Å². The fourth-order valence-corrected chi connectivity index (χ4v) is 0.913. The number of nitrogens with two attached hydrogens (primary N) is 1. The lowest BCUT2D eigenvalue weighted by atomic mass is 10.4. The number of aromatic nitrogens is 1. The van der Waals surface area contributed by atoms with Gasteiger partial charge in [-0.05, 0) is 6.92 Å². The van der Waals surface area contributed by atoms with Crippen LogP contribution in [0.5, 0.6) is 0 Å². The van der Waals surface area contributed by atoms with Crippen LogP contribution in [0.15, 0.2) is 9.41 Å². The third kappa shape index (κ3) is 2.45. The highest BCUT2D eigenvalue weighted by Gasteiger charge is 2.05. The highest BCUT2D eigenvalue weighted by molar-refractivity contribution is 5.76. The molecule has 4 N–H and O–H groups in total. The van der Waals surface area contributed by atoms with Gasteiger partial charge in [-0.25, -0.2) is 15.5 Å². The van der Waals surface area contributed by atoms with Gasteiger partial charge in [0.15, 0.2) is 5.89 Å². The average Bonchev–Trinajstić information content (AvgIpc) is 2.41. The van der Waals surface area contributed by atoms with Crippen LogP contribution in [0.2, 0.25) is 0 Å². The average molecular weight is 184 g/mol. The predicted molar refractivity (Wildman–Crippen MR) is 46.2 cm³/mol. The molecule has 72 valence electrons. The monoisotopic (exact) mass is 184 g/mol. The lowest BCUT2D eigenvalue weighted by molar-refractivity contribution is 0.232. The minimum Gasteiger partial charge on any atom is -0.444 e. The van der Waals surface area contributed by atoms with Gasteiger partial charge >= 0.3 is 0 Å². The predicted octanol–water partition coefficient (Wildman–Crippen LogP) is 0.0849. The molecule has 0 aliphatic heterocycles. The van der Waals surface area contributed by atoms with Crippen molar-refractivity contribution < 1.29 is 9.62 Å². The van der Waals surface area contributed by atoms with Crippen molar-refractivity contribution in [1.29, 1.82) is 0 Å².